The van der Waals surface area contributed by atoms with E-state index in [2.05, 4.69) is 187 Å². The van der Waals surface area contributed by atoms with Crippen molar-refractivity contribution in [3.05, 3.63) is 218 Å². The average Bonchev–Trinajstić information content (AvgIpc) is 3.92. The summed E-state index contributed by atoms with van der Waals surface area (Å²) in [7, 11) is 0. The fraction of sp³-hybridized carbons (Fsp3) is 0. The van der Waals surface area contributed by atoms with Gasteiger partial charge in [-0.05, 0) is 116 Å². The standard InChI is InChI=1S/C57H36N2O2/c1-3-13-38(14-4-1)46-19-11-12-22-53(46)59(44-30-25-39(26-31-44)49-34-42-17-7-8-18-45(42)47-20-9-10-21-48(47)49)43-28-23-37(24-29-43)41-27-32-54-50(33-41)51-35-52-56(36-55(51)60-54)61-57(58-52)40-15-5-2-6-16-40/h1-36H. The fourth-order valence-electron chi connectivity index (χ4n) is 8.93. The number of fused-ring (bicyclic) bond motifs is 7. The van der Waals surface area contributed by atoms with Crippen molar-refractivity contribution in [1.82, 2.24) is 4.98 Å². The summed E-state index contributed by atoms with van der Waals surface area (Å²) in [5.41, 5.74) is 14.3. The van der Waals surface area contributed by atoms with Gasteiger partial charge in [-0.2, -0.15) is 0 Å². The first-order valence-electron chi connectivity index (χ1n) is 20.6. The maximum atomic E-state index is 6.34. The van der Waals surface area contributed by atoms with E-state index in [0.717, 1.165) is 66.8 Å². The minimum atomic E-state index is 0.600. The number of para-hydroxylation sites is 1. The van der Waals surface area contributed by atoms with Crippen molar-refractivity contribution in [2.75, 3.05) is 4.90 Å². The molecule has 2 aromatic heterocycles. The van der Waals surface area contributed by atoms with Gasteiger partial charge in [0.15, 0.2) is 5.58 Å². The monoisotopic (exact) mass is 780 g/mol. The highest BCUT2D eigenvalue weighted by atomic mass is 16.4. The number of benzene rings is 10. The maximum absolute atomic E-state index is 6.34. The molecule has 0 spiro atoms. The number of hydrogen-bond acceptors (Lipinski definition) is 4. The van der Waals surface area contributed by atoms with Gasteiger partial charge in [0.2, 0.25) is 5.89 Å². The van der Waals surface area contributed by atoms with E-state index in [4.69, 9.17) is 13.8 Å². The Kier molecular flexibility index (Phi) is 8.13. The van der Waals surface area contributed by atoms with Crippen molar-refractivity contribution >= 4 is 71.6 Å². The second kappa shape index (κ2) is 14.3. The zero-order chi connectivity index (χ0) is 40.3. The molecule has 0 saturated carbocycles. The van der Waals surface area contributed by atoms with Gasteiger partial charge in [0.25, 0.3) is 0 Å². The van der Waals surface area contributed by atoms with Gasteiger partial charge < -0.3 is 13.7 Å². The molecule has 0 N–H and O–H groups in total. The molecular formula is C57H36N2O2. The Morgan fingerprint density at radius 3 is 1.69 bits per heavy atom. The molecule has 0 radical (unpaired) electrons. The number of nitrogens with zero attached hydrogens (tertiary/aromatic N) is 2. The molecule has 286 valence electrons. The van der Waals surface area contributed by atoms with E-state index in [0.29, 0.717) is 11.5 Å². The number of anilines is 3. The van der Waals surface area contributed by atoms with Crippen LogP contribution < -0.4 is 4.90 Å². The minimum absolute atomic E-state index is 0.600. The number of rotatable bonds is 7. The van der Waals surface area contributed by atoms with Crippen LogP contribution in [0.15, 0.2) is 227 Å². The van der Waals surface area contributed by atoms with E-state index < -0.39 is 0 Å². The van der Waals surface area contributed by atoms with Gasteiger partial charge in [-0.25, -0.2) is 4.98 Å². The highest BCUT2D eigenvalue weighted by molar-refractivity contribution is 6.14. The van der Waals surface area contributed by atoms with Crippen LogP contribution in [0.5, 0.6) is 0 Å². The number of oxazole rings is 1. The summed E-state index contributed by atoms with van der Waals surface area (Å²) in [6.45, 7) is 0. The summed E-state index contributed by atoms with van der Waals surface area (Å²) >= 11 is 0. The number of hydrogen-bond donors (Lipinski definition) is 0. The topological polar surface area (TPSA) is 42.4 Å². The lowest BCUT2D eigenvalue weighted by molar-refractivity contribution is 0.617. The summed E-state index contributed by atoms with van der Waals surface area (Å²) in [4.78, 5) is 7.20. The summed E-state index contributed by atoms with van der Waals surface area (Å²) < 4.78 is 12.5. The molecule has 10 aromatic carbocycles. The zero-order valence-corrected chi connectivity index (χ0v) is 33.0. The molecule has 0 unspecified atom stereocenters. The lowest BCUT2D eigenvalue weighted by atomic mass is 9.93. The third-order valence-electron chi connectivity index (χ3n) is 11.9. The largest absolute Gasteiger partial charge is 0.456 e. The third-order valence-corrected chi connectivity index (χ3v) is 11.9. The van der Waals surface area contributed by atoms with Crippen LogP contribution >= 0.6 is 0 Å². The van der Waals surface area contributed by atoms with Crippen molar-refractivity contribution in [3.63, 3.8) is 0 Å². The number of furan rings is 1. The maximum Gasteiger partial charge on any atom is 0.227 e. The van der Waals surface area contributed by atoms with E-state index in [-0.39, 0.29) is 0 Å². The minimum Gasteiger partial charge on any atom is -0.456 e. The predicted molar refractivity (Wildman–Crippen MR) is 253 cm³/mol. The summed E-state index contributed by atoms with van der Waals surface area (Å²) in [5, 5.41) is 7.08. The summed E-state index contributed by atoms with van der Waals surface area (Å²) in [6.07, 6.45) is 0. The van der Waals surface area contributed by atoms with Gasteiger partial charge in [0, 0.05) is 39.3 Å². The first-order chi connectivity index (χ1) is 30.2. The third kappa shape index (κ3) is 6.04. The fourth-order valence-corrected chi connectivity index (χ4v) is 8.93. The van der Waals surface area contributed by atoms with Crippen molar-refractivity contribution in [3.8, 4) is 44.8 Å². The van der Waals surface area contributed by atoms with Gasteiger partial charge in [-0.1, -0.05) is 146 Å². The molecule has 12 aromatic rings. The molecule has 0 amide bonds. The van der Waals surface area contributed by atoms with E-state index in [9.17, 15) is 0 Å². The van der Waals surface area contributed by atoms with Crippen LogP contribution in [-0.4, -0.2) is 4.98 Å². The van der Waals surface area contributed by atoms with E-state index >= 15 is 0 Å². The molecule has 4 nitrogen and oxygen atoms in total. The molecule has 0 fully saturated rings. The number of aromatic nitrogens is 1. The molecule has 0 atom stereocenters. The highest BCUT2D eigenvalue weighted by Gasteiger charge is 2.19. The Balaban J connectivity index is 0.942. The summed E-state index contributed by atoms with van der Waals surface area (Å²) in [6, 6.07) is 77.4. The Labute approximate surface area is 352 Å². The molecule has 0 aliphatic heterocycles. The molecule has 0 saturated heterocycles. The van der Waals surface area contributed by atoms with Crippen LogP contribution in [0.25, 0.3) is 99.4 Å². The second-order valence-electron chi connectivity index (χ2n) is 15.5. The van der Waals surface area contributed by atoms with E-state index in [1.807, 2.05) is 36.4 Å². The molecule has 12 rings (SSSR count). The van der Waals surface area contributed by atoms with Crippen LogP contribution in [0.3, 0.4) is 0 Å². The van der Waals surface area contributed by atoms with Crippen LogP contribution in [0.2, 0.25) is 0 Å². The van der Waals surface area contributed by atoms with Gasteiger partial charge in [-0.3, -0.25) is 0 Å². The molecular weight excluding hydrogens is 745 g/mol. The summed E-state index contributed by atoms with van der Waals surface area (Å²) in [5.74, 6) is 0.600. The zero-order valence-electron chi connectivity index (χ0n) is 33.0. The van der Waals surface area contributed by atoms with Crippen LogP contribution in [-0.2, 0) is 0 Å². The SMILES string of the molecule is c1ccc(-c2nc3cc4c(cc3o2)oc2ccc(-c3ccc(N(c5ccc(-c6cc7ccccc7c7ccccc67)cc5)c5ccccc5-c5ccccc5)cc3)cc24)cc1. The molecule has 0 aliphatic rings. The Morgan fingerprint density at radius 2 is 0.918 bits per heavy atom. The lowest BCUT2D eigenvalue weighted by Gasteiger charge is -2.28. The predicted octanol–water partition coefficient (Wildman–Crippen LogP) is 16.2. The Hall–Kier alpha value is -8.21. The van der Waals surface area contributed by atoms with Gasteiger partial charge in [0.1, 0.15) is 16.7 Å². The van der Waals surface area contributed by atoms with E-state index in [1.165, 1.54) is 38.2 Å². The molecule has 61 heavy (non-hydrogen) atoms. The normalized spacial score (nSPS) is 11.6. The molecule has 0 aliphatic carbocycles. The van der Waals surface area contributed by atoms with Crippen molar-refractivity contribution in [1.29, 1.82) is 0 Å². The van der Waals surface area contributed by atoms with Gasteiger partial charge in [-0.15, -0.1) is 0 Å². The molecule has 2 heterocycles. The van der Waals surface area contributed by atoms with Crippen LogP contribution in [0.1, 0.15) is 0 Å². The van der Waals surface area contributed by atoms with Crippen LogP contribution in [0, 0.1) is 0 Å². The Morgan fingerprint density at radius 1 is 0.328 bits per heavy atom. The van der Waals surface area contributed by atoms with Crippen LogP contribution in [0.4, 0.5) is 17.1 Å². The lowest BCUT2D eigenvalue weighted by Crippen LogP contribution is -2.11. The van der Waals surface area contributed by atoms with Crippen molar-refractivity contribution in [2.24, 2.45) is 0 Å². The van der Waals surface area contributed by atoms with Gasteiger partial charge >= 0.3 is 0 Å². The smallest absolute Gasteiger partial charge is 0.227 e. The quantitative estimate of drug-likeness (QED) is 0.151. The highest BCUT2D eigenvalue weighted by Crippen LogP contribution is 2.43. The second-order valence-corrected chi connectivity index (χ2v) is 15.5. The van der Waals surface area contributed by atoms with Crippen molar-refractivity contribution in [2.45, 2.75) is 0 Å². The molecule has 4 heteroatoms. The first-order valence-corrected chi connectivity index (χ1v) is 20.6. The van der Waals surface area contributed by atoms with Gasteiger partial charge in [0.05, 0.1) is 5.69 Å². The van der Waals surface area contributed by atoms with Crippen molar-refractivity contribution < 1.29 is 8.83 Å². The average molecular weight is 781 g/mol. The first kappa shape index (κ1) is 34.8. The Bertz CT molecular complexity index is 3570. The molecule has 0 bridgehead atoms. The van der Waals surface area contributed by atoms with E-state index in [1.54, 1.807) is 0 Å².